The van der Waals surface area contributed by atoms with E-state index in [1.807, 2.05) is 18.2 Å². The smallest absolute Gasteiger partial charge is 0.335 e. The summed E-state index contributed by atoms with van der Waals surface area (Å²) in [7, 11) is 0. The maximum atomic E-state index is 12.1. The summed E-state index contributed by atoms with van der Waals surface area (Å²) in [5.74, 6) is -0.0459. The minimum Gasteiger partial charge on any atom is -0.478 e. The van der Waals surface area contributed by atoms with Crippen LogP contribution in [0.25, 0.3) is 0 Å². The molecule has 25 heavy (non-hydrogen) atoms. The molecule has 0 radical (unpaired) electrons. The van der Waals surface area contributed by atoms with Crippen molar-refractivity contribution < 1.29 is 19.4 Å². The van der Waals surface area contributed by atoms with Gasteiger partial charge in [-0.2, -0.15) is 0 Å². The van der Waals surface area contributed by atoms with Crippen LogP contribution in [0.4, 0.5) is 5.69 Å². The molecule has 0 aromatic heterocycles. The van der Waals surface area contributed by atoms with Gasteiger partial charge >= 0.3 is 5.97 Å². The Hall–Kier alpha value is -3.60. The van der Waals surface area contributed by atoms with Crippen LogP contribution < -0.4 is 10.1 Å². The van der Waals surface area contributed by atoms with Gasteiger partial charge in [0.05, 0.1) is 5.56 Å². The van der Waals surface area contributed by atoms with Crippen molar-refractivity contribution in [2.45, 2.75) is 0 Å². The van der Waals surface area contributed by atoms with E-state index in [1.165, 1.54) is 12.1 Å². The van der Waals surface area contributed by atoms with Crippen molar-refractivity contribution in [3.8, 4) is 11.5 Å². The fourth-order valence-electron chi connectivity index (χ4n) is 2.20. The zero-order chi connectivity index (χ0) is 17.6. The number of carboxylic acids is 1. The van der Waals surface area contributed by atoms with Gasteiger partial charge < -0.3 is 15.2 Å². The maximum absolute atomic E-state index is 12.1. The van der Waals surface area contributed by atoms with E-state index in [0.717, 1.165) is 0 Å². The van der Waals surface area contributed by atoms with Crippen LogP contribution in [0.2, 0.25) is 0 Å². The third kappa shape index (κ3) is 4.23. The molecule has 3 aromatic rings. The summed E-state index contributed by atoms with van der Waals surface area (Å²) in [5, 5.41) is 11.7. The molecule has 0 saturated carbocycles. The van der Waals surface area contributed by atoms with Crippen molar-refractivity contribution in [2.75, 3.05) is 5.32 Å². The molecule has 3 aromatic carbocycles. The Kier molecular flexibility index (Phi) is 4.76. The lowest BCUT2D eigenvalue weighted by Gasteiger charge is -2.08. The summed E-state index contributed by atoms with van der Waals surface area (Å²) in [6.45, 7) is 0. The molecule has 3 rings (SSSR count). The molecule has 0 aliphatic carbocycles. The third-order valence-electron chi connectivity index (χ3n) is 3.49. The second-order valence-electron chi connectivity index (χ2n) is 5.28. The van der Waals surface area contributed by atoms with Crippen LogP contribution in [0.3, 0.4) is 0 Å². The number of carbonyl (C=O) groups is 2. The SMILES string of the molecule is O=C(O)c1ccc(Oc2ccc(NC(=O)c3ccccc3)cc2)cc1. The van der Waals surface area contributed by atoms with Crippen molar-refractivity contribution in [1.82, 2.24) is 0 Å². The van der Waals surface area contributed by atoms with E-state index in [0.29, 0.717) is 22.7 Å². The van der Waals surface area contributed by atoms with Gasteiger partial charge in [0.25, 0.3) is 5.91 Å². The molecule has 124 valence electrons. The zero-order valence-corrected chi connectivity index (χ0v) is 13.2. The first-order valence-corrected chi connectivity index (χ1v) is 7.59. The summed E-state index contributed by atoms with van der Waals surface area (Å²) in [6, 6.07) is 22.0. The molecule has 5 nitrogen and oxygen atoms in total. The summed E-state index contributed by atoms with van der Waals surface area (Å²) in [6.07, 6.45) is 0. The summed E-state index contributed by atoms with van der Waals surface area (Å²) < 4.78 is 5.65. The quantitative estimate of drug-likeness (QED) is 0.724. The van der Waals surface area contributed by atoms with Gasteiger partial charge in [-0.25, -0.2) is 4.79 Å². The Labute approximate surface area is 144 Å². The van der Waals surface area contributed by atoms with E-state index in [-0.39, 0.29) is 11.5 Å². The van der Waals surface area contributed by atoms with Gasteiger partial charge in [-0.1, -0.05) is 18.2 Å². The molecule has 0 atom stereocenters. The average Bonchev–Trinajstić information content (AvgIpc) is 2.64. The van der Waals surface area contributed by atoms with Gasteiger partial charge in [0.15, 0.2) is 0 Å². The molecule has 0 saturated heterocycles. The minimum absolute atomic E-state index is 0.182. The molecule has 0 spiro atoms. The number of nitrogens with one attached hydrogen (secondary N) is 1. The average molecular weight is 333 g/mol. The number of hydrogen-bond acceptors (Lipinski definition) is 3. The molecule has 0 bridgehead atoms. The minimum atomic E-state index is -0.981. The second kappa shape index (κ2) is 7.31. The van der Waals surface area contributed by atoms with Crippen LogP contribution in [0.5, 0.6) is 11.5 Å². The molecule has 5 heteroatoms. The Balaban J connectivity index is 1.64. The maximum Gasteiger partial charge on any atom is 0.335 e. The first-order valence-electron chi connectivity index (χ1n) is 7.59. The topological polar surface area (TPSA) is 75.6 Å². The van der Waals surface area contributed by atoms with Crippen molar-refractivity contribution in [1.29, 1.82) is 0 Å². The zero-order valence-electron chi connectivity index (χ0n) is 13.2. The van der Waals surface area contributed by atoms with Crippen LogP contribution in [0.15, 0.2) is 78.9 Å². The number of hydrogen-bond donors (Lipinski definition) is 2. The van der Waals surface area contributed by atoms with Crippen molar-refractivity contribution in [2.24, 2.45) is 0 Å². The fourth-order valence-corrected chi connectivity index (χ4v) is 2.20. The third-order valence-corrected chi connectivity index (χ3v) is 3.49. The highest BCUT2D eigenvalue weighted by Crippen LogP contribution is 2.23. The highest BCUT2D eigenvalue weighted by atomic mass is 16.5. The molecule has 1 amide bonds. The van der Waals surface area contributed by atoms with Gasteiger partial charge in [0.1, 0.15) is 11.5 Å². The molecular formula is C20H15NO4. The molecule has 2 N–H and O–H groups in total. The van der Waals surface area contributed by atoms with Crippen LogP contribution in [0.1, 0.15) is 20.7 Å². The van der Waals surface area contributed by atoms with Crippen LogP contribution in [0, 0.1) is 0 Å². The van der Waals surface area contributed by atoms with Crippen molar-refractivity contribution in [3.63, 3.8) is 0 Å². The lowest BCUT2D eigenvalue weighted by atomic mass is 10.2. The number of ether oxygens (including phenoxy) is 1. The Morgan fingerprint density at radius 1 is 0.720 bits per heavy atom. The highest BCUT2D eigenvalue weighted by molar-refractivity contribution is 6.04. The molecular weight excluding hydrogens is 318 g/mol. The molecule has 0 fully saturated rings. The fraction of sp³-hybridized carbons (Fsp3) is 0. The van der Waals surface area contributed by atoms with E-state index < -0.39 is 5.97 Å². The second-order valence-corrected chi connectivity index (χ2v) is 5.28. The standard InChI is InChI=1S/C20H15NO4/c22-19(14-4-2-1-3-5-14)21-16-8-12-18(13-9-16)25-17-10-6-15(7-11-17)20(23)24/h1-13H,(H,21,22)(H,23,24). The number of benzene rings is 3. The van der Waals surface area contributed by atoms with Crippen molar-refractivity contribution in [3.05, 3.63) is 90.0 Å². The first kappa shape index (κ1) is 16.3. The number of anilines is 1. The van der Waals surface area contributed by atoms with E-state index >= 15 is 0 Å². The Morgan fingerprint density at radius 2 is 1.28 bits per heavy atom. The monoisotopic (exact) mass is 333 g/mol. The van der Waals surface area contributed by atoms with Gasteiger partial charge in [0, 0.05) is 11.3 Å². The summed E-state index contributed by atoms with van der Waals surface area (Å²) in [4.78, 5) is 22.9. The van der Waals surface area contributed by atoms with Crippen LogP contribution in [-0.2, 0) is 0 Å². The summed E-state index contributed by atoms with van der Waals surface area (Å²) in [5.41, 5.74) is 1.44. The number of carboxylic acid groups (broad SMARTS) is 1. The van der Waals surface area contributed by atoms with Crippen molar-refractivity contribution >= 4 is 17.6 Å². The van der Waals surface area contributed by atoms with E-state index in [1.54, 1.807) is 48.5 Å². The van der Waals surface area contributed by atoms with Gasteiger partial charge in [0.2, 0.25) is 0 Å². The van der Waals surface area contributed by atoms with E-state index in [4.69, 9.17) is 9.84 Å². The highest BCUT2D eigenvalue weighted by Gasteiger charge is 2.06. The Bertz CT molecular complexity index is 872. The predicted molar refractivity (Wildman–Crippen MR) is 94.3 cm³/mol. The van der Waals surface area contributed by atoms with Crippen LogP contribution in [-0.4, -0.2) is 17.0 Å². The van der Waals surface area contributed by atoms with Gasteiger partial charge in [-0.15, -0.1) is 0 Å². The number of carbonyl (C=O) groups excluding carboxylic acids is 1. The number of rotatable bonds is 5. The Morgan fingerprint density at radius 3 is 1.84 bits per heavy atom. The molecule has 0 aliphatic heterocycles. The lowest BCUT2D eigenvalue weighted by molar-refractivity contribution is 0.0696. The van der Waals surface area contributed by atoms with Gasteiger partial charge in [-0.05, 0) is 60.7 Å². The molecule has 0 heterocycles. The predicted octanol–water partition coefficient (Wildman–Crippen LogP) is 4.43. The van der Waals surface area contributed by atoms with Gasteiger partial charge in [-0.3, -0.25) is 4.79 Å². The molecule has 0 unspecified atom stereocenters. The normalized spacial score (nSPS) is 10.1. The number of aromatic carboxylic acids is 1. The molecule has 0 aliphatic rings. The summed E-state index contributed by atoms with van der Waals surface area (Å²) >= 11 is 0. The van der Waals surface area contributed by atoms with Crippen LogP contribution >= 0.6 is 0 Å². The van der Waals surface area contributed by atoms with E-state index in [9.17, 15) is 9.59 Å². The first-order chi connectivity index (χ1) is 12.1. The number of amides is 1. The largest absolute Gasteiger partial charge is 0.478 e. The van der Waals surface area contributed by atoms with E-state index in [2.05, 4.69) is 5.32 Å². The lowest BCUT2D eigenvalue weighted by Crippen LogP contribution is -2.11.